The van der Waals surface area contributed by atoms with E-state index in [0.717, 1.165) is 16.9 Å². The number of nitrogens with one attached hydrogen (secondary N) is 1. The molecule has 122 valence electrons. The summed E-state index contributed by atoms with van der Waals surface area (Å²) >= 11 is 0. The van der Waals surface area contributed by atoms with Crippen LogP contribution in [0, 0.1) is 5.82 Å². The van der Waals surface area contributed by atoms with E-state index in [9.17, 15) is 9.18 Å². The number of rotatable bonds is 3. The fraction of sp³-hybridized carbons (Fsp3) is 0. The van der Waals surface area contributed by atoms with Gasteiger partial charge in [0.2, 0.25) is 0 Å². The van der Waals surface area contributed by atoms with Crippen molar-refractivity contribution in [3.8, 4) is 11.3 Å². The first-order valence-electron chi connectivity index (χ1n) is 7.80. The van der Waals surface area contributed by atoms with Gasteiger partial charge in [0, 0.05) is 29.2 Å². The second kappa shape index (κ2) is 6.20. The Morgan fingerprint density at radius 3 is 2.72 bits per heavy atom. The zero-order valence-corrected chi connectivity index (χ0v) is 13.2. The molecule has 0 unspecified atom stereocenters. The number of carbonyl (C=O) groups excluding carboxylic acids is 1. The molecule has 4 nitrogen and oxygen atoms in total. The summed E-state index contributed by atoms with van der Waals surface area (Å²) in [6.07, 6.45) is 3.87. The van der Waals surface area contributed by atoms with E-state index in [1.54, 1.807) is 12.1 Å². The third-order valence-electron chi connectivity index (χ3n) is 3.87. The number of aromatic nitrogens is 2. The van der Waals surface area contributed by atoms with Crippen molar-refractivity contribution in [1.29, 1.82) is 0 Å². The first-order chi connectivity index (χ1) is 12.2. The Morgan fingerprint density at radius 1 is 1.00 bits per heavy atom. The van der Waals surface area contributed by atoms with Crippen LogP contribution in [-0.4, -0.2) is 15.3 Å². The first kappa shape index (κ1) is 15.1. The highest BCUT2D eigenvalue weighted by molar-refractivity contribution is 6.04. The summed E-state index contributed by atoms with van der Waals surface area (Å²) in [5.41, 5.74) is 3.46. The van der Waals surface area contributed by atoms with Crippen molar-refractivity contribution in [2.75, 3.05) is 5.32 Å². The monoisotopic (exact) mass is 331 g/mol. The fourth-order valence-electron chi connectivity index (χ4n) is 2.66. The van der Waals surface area contributed by atoms with Gasteiger partial charge in [-0.1, -0.05) is 24.3 Å². The third-order valence-corrected chi connectivity index (χ3v) is 3.87. The summed E-state index contributed by atoms with van der Waals surface area (Å²) in [4.78, 5) is 16.8. The van der Waals surface area contributed by atoms with Crippen LogP contribution in [0.2, 0.25) is 0 Å². The van der Waals surface area contributed by atoms with E-state index in [4.69, 9.17) is 0 Å². The summed E-state index contributed by atoms with van der Waals surface area (Å²) in [7, 11) is 0. The van der Waals surface area contributed by atoms with Crippen molar-refractivity contribution in [1.82, 2.24) is 9.38 Å². The van der Waals surface area contributed by atoms with Gasteiger partial charge in [0.15, 0.2) is 0 Å². The Hall–Kier alpha value is -3.47. The largest absolute Gasteiger partial charge is 0.322 e. The number of carbonyl (C=O) groups is 1. The van der Waals surface area contributed by atoms with E-state index in [1.807, 2.05) is 53.2 Å². The smallest absolute Gasteiger partial charge is 0.255 e. The number of anilines is 1. The van der Waals surface area contributed by atoms with E-state index in [2.05, 4.69) is 10.3 Å². The predicted octanol–water partition coefficient (Wildman–Crippen LogP) is 4.39. The van der Waals surface area contributed by atoms with Gasteiger partial charge in [0.25, 0.3) is 5.91 Å². The number of imidazole rings is 1. The van der Waals surface area contributed by atoms with Crippen LogP contribution in [0.15, 0.2) is 79.1 Å². The Kier molecular flexibility index (Phi) is 3.74. The van der Waals surface area contributed by atoms with Crippen LogP contribution < -0.4 is 5.32 Å². The lowest BCUT2D eigenvalue weighted by molar-refractivity contribution is 0.102. The maximum atomic E-state index is 13.3. The van der Waals surface area contributed by atoms with E-state index < -0.39 is 5.82 Å². The van der Waals surface area contributed by atoms with Crippen LogP contribution in [0.25, 0.3) is 16.9 Å². The van der Waals surface area contributed by atoms with Crippen LogP contribution in [0.3, 0.4) is 0 Å². The number of hydrogen-bond donors (Lipinski definition) is 1. The molecule has 2 aromatic heterocycles. The highest BCUT2D eigenvalue weighted by Crippen LogP contribution is 2.23. The zero-order chi connectivity index (χ0) is 17.2. The molecule has 0 aliphatic rings. The number of benzene rings is 2. The summed E-state index contributed by atoms with van der Waals surface area (Å²) < 4.78 is 15.2. The minimum Gasteiger partial charge on any atom is -0.322 e. The lowest BCUT2D eigenvalue weighted by atomic mass is 10.1. The van der Waals surface area contributed by atoms with E-state index in [0.29, 0.717) is 5.69 Å². The minimum atomic E-state index is -0.439. The van der Waals surface area contributed by atoms with Crippen LogP contribution in [-0.2, 0) is 0 Å². The maximum absolute atomic E-state index is 13.3. The molecule has 1 amide bonds. The molecule has 0 fully saturated rings. The molecule has 1 N–H and O–H groups in total. The van der Waals surface area contributed by atoms with Gasteiger partial charge in [-0.05, 0) is 42.5 Å². The lowest BCUT2D eigenvalue weighted by Gasteiger charge is -2.06. The molecular formula is C20H14FN3O. The maximum Gasteiger partial charge on any atom is 0.255 e. The van der Waals surface area contributed by atoms with Crippen LogP contribution in [0.5, 0.6) is 0 Å². The number of amides is 1. The highest BCUT2D eigenvalue weighted by atomic mass is 19.1. The number of halogens is 1. The van der Waals surface area contributed by atoms with Gasteiger partial charge in [-0.25, -0.2) is 9.37 Å². The first-order valence-corrected chi connectivity index (χ1v) is 7.80. The fourth-order valence-corrected chi connectivity index (χ4v) is 2.66. The molecule has 0 spiro atoms. The minimum absolute atomic E-state index is 0.276. The molecule has 0 aliphatic heterocycles. The molecule has 2 heterocycles. The molecule has 0 saturated carbocycles. The highest BCUT2D eigenvalue weighted by Gasteiger charge is 2.09. The van der Waals surface area contributed by atoms with E-state index in [1.165, 1.54) is 18.2 Å². The van der Waals surface area contributed by atoms with Crippen LogP contribution in [0.4, 0.5) is 10.1 Å². The predicted molar refractivity (Wildman–Crippen MR) is 95.0 cm³/mol. The topological polar surface area (TPSA) is 46.4 Å². The quantitative estimate of drug-likeness (QED) is 0.605. The number of pyridine rings is 1. The van der Waals surface area contributed by atoms with Crippen molar-refractivity contribution < 1.29 is 9.18 Å². The molecular weight excluding hydrogens is 317 g/mol. The Bertz CT molecular complexity index is 1040. The van der Waals surface area contributed by atoms with Gasteiger partial charge in [0.05, 0.1) is 5.69 Å². The second-order valence-corrected chi connectivity index (χ2v) is 5.64. The van der Waals surface area contributed by atoms with Gasteiger partial charge in [-0.2, -0.15) is 0 Å². The van der Waals surface area contributed by atoms with Gasteiger partial charge in [0.1, 0.15) is 11.5 Å². The molecule has 0 aliphatic carbocycles. The molecule has 5 heteroatoms. The van der Waals surface area contributed by atoms with Gasteiger partial charge >= 0.3 is 0 Å². The molecule has 2 aromatic carbocycles. The lowest BCUT2D eigenvalue weighted by Crippen LogP contribution is -2.12. The molecule has 4 rings (SSSR count). The van der Waals surface area contributed by atoms with Gasteiger partial charge < -0.3 is 9.72 Å². The summed E-state index contributed by atoms with van der Waals surface area (Å²) in [6, 6.07) is 18.8. The Labute approximate surface area is 143 Å². The number of nitrogens with zero attached hydrogens (tertiary/aromatic N) is 2. The second-order valence-electron chi connectivity index (χ2n) is 5.64. The van der Waals surface area contributed by atoms with E-state index >= 15 is 0 Å². The summed E-state index contributed by atoms with van der Waals surface area (Å²) in [5.74, 6) is -0.794. The average Bonchev–Trinajstić information content (AvgIpc) is 3.06. The average molecular weight is 331 g/mol. The Balaban J connectivity index is 1.62. The molecule has 25 heavy (non-hydrogen) atoms. The molecule has 0 atom stereocenters. The third kappa shape index (κ3) is 3.12. The van der Waals surface area contributed by atoms with Crippen LogP contribution in [0.1, 0.15) is 10.4 Å². The normalized spacial score (nSPS) is 10.8. The molecule has 0 radical (unpaired) electrons. The molecule has 0 saturated heterocycles. The van der Waals surface area contributed by atoms with Crippen molar-refractivity contribution in [3.63, 3.8) is 0 Å². The SMILES string of the molecule is O=C(Nc1cccc(-c2cn3ccccc3n2)c1)c1cccc(F)c1. The van der Waals surface area contributed by atoms with E-state index in [-0.39, 0.29) is 11.5 Å². The number of fused-ring (bicyclic) bond motifs is 1. The van der Waals surface area contributed by atoms with Gasteiger partial charge in [-0.15, -0.1) is 0 Å². The van der Waals surface area contributed by atoms with Crippen molar-refractivity contribution >= 4 is 17.2 Å². The van der Waals surface area contributed by atoms with Crippen molar-refractivity contribution in [3.05, 3.63) is 90.5 Å². The Morgan fingerprint density at radius 2 is 1.88 bits per heavy atom. The summed E-state index contributed by atoms with van der Waals surface area (Å²) in [6.45, 7) is 0. The molecule has 0 bridgehead atoms. The van der Waals surface area contributed by atoms with Crippen molar-refractivity contribution in [2.45, 2.75) is 0 Å². The van der Waals surface area contributed by atoms with Crippen molar-refractivity contribution in [2.24, 2.45) is 0 Å². The number of hydrogen-bond acceptors (Lipinski definition) is 2. The van der Waals surface area contributed by atoms with Gasteiger partial charge in [-0.3, -0.25) is 4.79 Å². The van der Waals surface area contributed by atoms with Crippen LogP contribution >= 0.6 is 0 Å². The zero-order valence-electron chi connectivity index (χ0n) is 13.2. The standard InChI is InChI=1S/C20H14FN3O/c21-16-7-3-6-15(11-16)20(25)22-17-8-4-5-14(12-17)18-13-24-10-2-1-9-19(24)23-18/h1-13H,(H,22,25). The summed E-state index contributed by atoms with van der Waals surface area (Å²) in [5, 5.41) is 2.79. The molecule has 4 aromatic rings.